The molecule has 0 aliphatic rings. The third-order valence-electron chi connectivity index (χ3n) is 2.20. The number of aliphatic hydroxyl groups is 1. The van der Waals surface area contributed by atoms with Crippen LogP contribution in [-0.2, 0) is 0 Å². The largest absolute Gasteiger partial charge is 0.388 e. The molecule has 1 aromatic heterocycles. The molecule has 1 aromatic carbocycles. The van der Waals surface area contributed by atoms with Gasteiger partial charge in [-0.15, -0.1) is 0 Å². The maximum absolute atomic E-state index is 9.89. The second kappa shape index (κ2) is 5.43. The smallest absolute Gasteiger partial charge is 0.174 e. The summed E-state index contributed by atoms with van der Waals surface area (Å²) in [6, 6.07) is 7.87. The monoisotopic (exact) mass is 252 g/mol. The molecule has 0 spiro atoms. The van der Waals surface area contributed by atoms with Crippen LogP contribution in [0.2, 0.25) is 0 Å². The van der Waals surface area contributed by atoms with Gasteiger partial charge in [0.15, 0.2) is 4.34 Å². The molecule has 0 radical (unpaired) electrons. The Bertz CT molecular complexity index is 445. The van der Waals surface area contributed by atoms with Gasteiger partial charge >= 0.3 is 0 Å². The van der Waals surface area contributed by atoms with Crippen LogP contribution in [0.15, 0.2) is 39.8 Å². The molecule has 3 nitrogen and oxygen atoms in total. The number of benzene rings is 1. The lowest BCUT2D eigenvalue weighted by Crippen LogP contribution is -1.96. The van der Waals surface area contributed by atoms with E-state index >= 15 is 0 Å². The van der Waals surface area contributed by atoms with Crippen molar-refractivity contribution in [3.63, 3.8) is 0 Å². The van der Waals surface area contributed by atoms with Crippen molar-refractivity contribution in [1.29, 1.82) is 0 Å². The average Bonchev–Trinajstić information content (AvgIpc) is 2.82. The van der Waals surface area contributed by atoms with E-state index < -0.39 is 6.10 Å². The van der Waals surface area contributed by atoms with Gasteiger partial charge in [0.05, 0.1) is 6.10 Å². The van der Waals surface area contributed by atoms with Gasteiger partial charge in [-0.05, 0) is 29.6 Å². The summed E-state index contributed by atoms with van der Waals surface area (Å²) in [6.45, 7) is 1.97. The molecule has 2 rings (SSSR count). The third kappa shape index (κ3) is 2.61. The maximum Gasteiger partial charge on any atom is 0.174 e. The molecule has 0 unspecified atom stereocenters. The van der Waals surface area contributed by atoms with Crippen LogP contribution < -0.4 is 0 Å². The molecule has 0 aliphatic heterocycles. The van der Waals surface area contributed by atoms with Gasteiger partial charge in [-0.1, -0.05) is 36.9 Å². The van der Waals surface area contributed by atoms with Gasteiger partial charge in [-0.3, -0.25) is 0 Å². The Balaban J connectivity index is 2.26. The molecule has 1 N–H and O–H groups in total. The molecule has 0 saturated heterocycles. The standard InChI is InChI=1S/C11H12N2OS2/c1-2-9(14)8-5-3-4-6-10(8)15-11-12-7-13-16-11/h3-7,9,14H,2H2,1H3/t9-/m1/s1. The molecular formula is C11H12N2OS2. The highest BCUT2D eigenvalue weighted by atomic mass is 32.2. The lowest BCUT2D eigenvalue weighted by molar-refractivity contribution is 0.171. The summed E-state index contributed by atoms with van der Waals surface area (Å²) < 4.78 is 4.86. The Kier molecular flexibility index (Phi) is 3.93. The van der Waals surface area contributed by atoms with Crippen LogP contribution in [0.5, 0.6) is 0 Å². The first-order valence-electron chi connectivity index (χ1n) is 5.02. The summed E-state index contributed by atoms with van der Waals surface area (Å²) >= 11 is 2.92. The molecule has 2 aromatic rings. The lowest BCUT2D eigenvalue weighted by Gasteiger charge is -2.12. The van der Waals surface area contributed by atoms with Crippen molar-refractivity contribution in [2.24, 2.45) is 0 Å². The fourth-order valence-corrected chi connectivity index (χ4v) is 2.95. The van der Waals surface area contributed by atoms with Crippen LogP contribution in [0.4, 0.5) is 0 Å². The number of aliphatic hydroxyl groups excluding tert-OH is 1. The molecule has 0 amide bonds. The quantitative estimate of drug-likeness (QED) is 0.908. The van der Waals surface area contributed by atoms with E-state index in [-0.39, 0.29) is 0 Å². The van der Waals surface area contributed by atoms with Gasteiger partial charge in [-0.2, -0.15) is 4.37 Å². The summed E-state index contributed by atoms with van der Waals surface area (Å²) in [5.41, 5.74) is 0.963. The van der Waals surface area contributed by atoms with E-state index in [1.165, 1.54) is 11.5 Å². The molecule has 0 aliphatic carbocycles. The van der Waals surface area contributed by atoms with Crippen molar-refractivity contribution in [2.75, 3.05) is 0 Å². The number of aromatic nitrogens is 2. The van der Waals surface area contributed by atoms with Crippen molar-refractivity contribution >= 4 is 23.3 Å². The van der Waals surface area contributed by atoms with Gasteiger partial charge < -0.3 is 5.11 Å². The molecule has 0 bridgehead atoms. The van der Waals surface area contributed by atoms with Gasteiger partial charge in [0, 0.05) is 4.90 Å². The topological polar surface area (TPSA) is 46.0 Å². The van der Waals surface area contributed by atoms with Crippen molar-refractivity contribution in [1.82, 2.24) is 9.36 Å². The first-order valence-corrected chi connectivity index (χ1v) is 6.61. The van der Waals surface area contributed by atoms with E-state index in [1.807, 2.05) is 31.2 Å². The first kappa shape index (κ1) is 11.6. The van der Waals surface area contributed by atoms with Gasteiger partial charge in [-0.25, -0.2) is 4.98 Å². The Morgan fingerprint density at radius 1 is 1.44 bits per heavy atom. The lowest BCUT2D eigenvalue weighted by atomic mass is 10.1. The summed E-state index contributed by atoms with van der Waals surface area (Å²) in [5, 5.41) is 9.89. The van der Waals surface area contributed by atoms with Crippen LogP contribution in [0, 0.1) is 0 Å². The predicted molar refractivity (Wildman–Crippen MR) is 65.7 cm³/mol. The SMILES string of the molecule is CC[C@@H](O)c1ccccc1Sc1ncns1. The van der Waals surface area contributed by atoms with Gasteiger partial charge in [0.25, 0.3) is 0 Å². The Hall–Kier alpha value is -0.910. The Morgan fingerprint density at radius 3 is 2.94 bits per heavy atom. The Morgan fingerprint density at radius 2 is 2.25 bits per heavy atom. The van der Waals surface area contributed by atoms with Crippen molar-refractivity contribution < 1.29 is 5.11 Å². The van der Waals surface area contributed by atoms with E-state index in [9.17, 15) is 5.11 Å². The van der Waals surface area contributed by atoms with Crippen LogP contribution in [0.3, 0.4) is 0 Å². The summed E-state index contributed by atoms with van der Waals surface area (Å²) in [5.74, 6) is 0. The Labute approximate surface area is 103 Å². The van der Waals surface area contributed by atoms with Crippen molar-refractivity contribution in [3.05, 3.63) is 36.2 Å². The van der Waals surface area contributed by atoms with E-state index in [2.05, 4.69) is 9.36 Å². The number of nitrogens with zero attached hydrogens (tertiary/aromatic N) is 2. The number of hydrogen-bond acceptors (Lipinski definition) is 5. The first-order chi connectivity index (χ1) is 7.81. The molecule has 5 heteroatoms. The molecule has 84 valence electrons. The van der Waals surface area contributed by atoms with E-state index in [0.717, 1.165) is 14.8 Å². The molecule has 0 fully saturated rings. The predicted octanol–water partition coefficient (Wildman–Crippen LogP) is 3.13. The maximum atomic E-state index is 9.89. The van der Waals surface area contributed by atoms with Crippen molar-refractivity contribution in [3.8, 4) is 0 Å². The highest BCUT2D eigenvalue weighted by Gasteiger charge is 2.11. The second-order valence-electron chi connectivity index (χ2n) is 3.27. The number of hydrogen-bond donors (Lipinski definition) is 1. The summed E-state index contributed by atoms with van der Waals surface area (Å²) in [6.07, 6.45) is 1.86. The molecule has 1 atom stereocenters. The van der Waals surface area contributed by atoms with Crippen LogP contribution >= 0.6 is 23.3 Å². The van der Waals surface area contributed by atoms with E-state index in [4.69, 9.17) is 0 Å². The molecule has 0 saturated carbocycles. The second-order valence-corrected chi connectivity index (χ2v) is 5.34. The van der Waals surface area contributed by atoms with Gasteiger partial charge in [0.1, 0.15) is 6.33 Å². The van der Waals surface area contributed by atoms with E-state index in [0.29, 0.717) is 6.42 Å². The van der Waals surface area contributed by atoms with Crippen molar-refractivity contribution in [2.45, 2.75) is 28.7 Å². The van der Waals surface area contributed by atoms with Crippen LogP contribution in [0.25, 0.3) is 0 Å². The minimum Gasteiger partial charge on any atom is -0.388 e. The number of rotatable bonds is 4. The minimum atomic E-state index is -0.406. The molecular weight excluding hydrogens is 240 g/mol. The zero-order valence-corrected chi connectivity index (χ0v) is 10.5. The molecule has 16 heavy (non-hydrogen) atoms. The zero-order chi connectivity index (χ0) is 11.4. The summed E-state index contributed by atoms with van der Waals surface area (Å²) in [4.78, 5) is 5.18. The zero-order valence-electron chi connectivity index (χ0n) is 8.83. The fourth-order valence-electron chi connectivity index (χ4n) is 1.37. The molecule has 1 heterocycles. The van der Waals surface area contributed by atoms with Crippen LogP contribution in [-0.4, -0.2) is 14.5 Å². The van der Waals surface area contributed by atoms with E-state index in [1.54, 1.807) is 18.1 Å². The normalized spacial score (nSPS) is 12.6. The third-order valence-corrected chi connectivity index (χ3v) is 4.01. The minimum absolute atomic E-state index is 0.406. The summed E-state index contributed by atoms with van der Waals surface area (Å²) in [7, 11) is 0. The van der Waals surface area contributed by atoms with Crippen LogP contribution in [0.1, 0.15) is 25.0 Å². The highest BCUT2D eigenvalue weighted by molar-refractivity contribution is 8.01. The van der Waals surface area contributed by atoms with Gasteiger partial charge in [0.2, 0.25) is 0 Å². The highest BCUT2D eigenvalue weighted by Crippen LogP contribution is 2.34. The fraction of sp³-hybridized carbons (Fsp3) is 0.273. The average molecular weight is 252 g/mol.